The number of rotatable bonds is 7. The van der Waals surface area contributed by atoms with Gasteiger partial charge >= 0.3 is 5.97 Å². The molecular weight excluding hydrogens is 246 g/mol. The Morgan fingerprint density at radius 2 is 1.89 bits per heavy atom. The molecule has 0 fully saturated rings. The van der Waals surface area contributed by atoms with Crippen LogP contribution in [0.4, 0.5) is 0 Å². The molecule has 5 heteroatoms. The zero-order chi connectivity index (χ0) is 14.1. The third-order valence-corrected chi connectivity index (χ3v) is 2.57. The first-order valence-corrected chi connectivity index (χ1v) is 6.29. The third kappa shape index (κ3) is 5.09. The smallest absolute Gasteiger partial charge is 0.307 e. The summed E-state index contributed by atoms with van der Waals surface area (Å²) in [7, 11) is 0. The molecule has 0 unspecified atom stereocenters. The number of hydrogen-bond donors (Lipinski definition) is 1. The highest BCUT2D eigenvalue weighted by molar-refractivity contribution is 5.94. The van der Waals surface area contributed by atoms with Crippen LogP contribution >= 0.6 is 0 Å². The molecule has 0 aliphatic heterocycles. The fourth-order valence-corrected chi connectivity index (χ4v) is 1.66. The number of hydrogen-bond acceptors (Lipinski definition) is 4. The monoisotopic (exact) mass is 265 g/mol. The van der Waals surface area contributed by atoms with Gasteiger partial charge in [-0.05, 0) is 19.1 Å². The third-order valence-electron chi connectivity index (χ3n) is 2.57. The topological polar surface area (TPSA) is 66.8 Å². The summed E-state index contributed by atoms with van der Waals surface area (Å²) in [6.45, 7) is 2.37. The van der Waals surface area contributed by atoms with Crippen molar-refractivity contribution in [2.45, 2.75) is 13.3 Å². The second-order valence-electron chi connectivity index (χ2n) is 3.94. The fourth-order valence-electron chi connectivity index (χ4n) is 1.66. The number of aliphatic hydroxyl groups excluding tert-OH is 1. The van der Waals surface area contributed by atoms with Gasteiger partial charge in [-0.25, -0.2) is 0 Å². The van der Waals surface area contributed by atoms with E-state index >= 15 is 0 Å². The molecule has 104 valence electrons. The molecule has 0 aliphatic rings. The van der Waals surface area contributed by atoms with Crippen LogP contribution in [0.1, 0.15) is 23.7 Å². The van der Waals surface area contributed by atoms with Crippen molar-refractivity contribution in [2.75, 3.05) is 26.3 Å². The second-order valence-corrected chi connectivity index (χ2v) is 3.94. The summed E-state index contributed by atoms with van der Waals surface area (Å²) in [5.74, 6) is -0.537. The Labute approximate surface area is 112 Å². The van der Waals surface area contributed by atoms with Gasteiger partial charge in [-0.3, -0.25) is 9.59 Å². The minimum absolute atomic E-state index is 0.131. The number of carbonyl (C=O) groups excluding carboxylic acids is 2. The van der Waals surface area contributed by atoms with Gasteiger partial charge in [0.15, 0.2) is 0 Å². The molecule has 1 rings (SSSR count). The van der Waals surface area contributed by atoms with E-state index in [1.807, 2.05) is 6.07 Å². The van der Waals surface area contributed by atoms with Gasteiger partial charge < -0.3 is 14.7 Å². The van der Waals surface area contributed by atoms with Crippen molar-refractivity contribution in [3.8, 4) is 0 Å². The lowest BCUT2D eigenvalue weighted by Crippen LogP contribution is -2.35. The highest BCUT2D eigenvalue weighted by Gasteiger charge is 2.16. The SMILES string of the molecule is CCOC(=O)CCN(CCO)C(=O)c1ccccc1. The molecule has 19 heavy (non-hydrogen) atoms. The molecule has 0 radical (unpaired) electrons. The summed E-state index contributed by atoms with van der Waals surface area (Å²) in [5, 5.41) is 8.99. The van der Waals surface area contributed by atoms with Gasteiger partial charge in [-0.15, -0.1) is 0 Å². The van der Waals surface area contributed by atoms with Crippen molar-refractivity contribution in [3.63, 3.8) is 0 Å². The molecule has 1 amide bonds. The number of amides is 1. The molecule has 0 saturated carbocycles. The van der Waals surface area contributed by atoms with Gasteiger partial charge in [-0.2, -0.15) is 0 Å². The highest BCUT2D eigenvalue weighted by Crippen LogP contribution is 2.05. The zero-order valence-electron chi connectivity index (χ0n) is 11.0. The van der Waals surface area contributed by atoms with E-state index in [1.54, 1.807) is 31.2 Å². The first-order valence-electron chi connectivity index (χ1n) is 6.29. The average molecular weight is 265 g/mol. The Hall–Kier alpha value is -1.88. The quantitative estimate of drug-likeness (QED) is 0.749. The summed E-state index contributed by atoms with van der Waals surface area (Å²) < 4.78 is 4.82. The van der Waals surface area contributed by atoms with E-state index in [0.717, 1.165) is 0 Å². The Bertz CT molecular complexity index is 405. The Kier molecular flexibility index (Phi) is 6.60. The van der Waals surface area contributed by atoms with Crippen molar-refractivity contribution >= 4 is 11.9 Å². The van der Waals surface area contributed by atoms with Gasteiger partial charge in [0.2, 0.25) is 0 Å². The predicted molar refractivity (Wildman–Crippen MR) is 70.7 cm³/mol. The largest absolute Gasteiger partial charge is 0.466 e. The number of benzene rings is 1. The fraction of sp³-hybridized carbons (Fsp3) is 0.429. The van der Waals surface area contributed by atoms with E-state index < -0.39 is 0 Å². The number of esters is 1. The van der Waals surface area contributed by atoms with E-state index in [2.05, 4.69) is 0 Å². The minimum Gasteiger partial charge on any atom is -0.466 e. The van der Waals surface area contributed by atoms with E-state index in [9.17, 15) is 9.59 Å². The van der Waals surface area contributed by atoms with Crippen molar-refractivity contribution in [2.24, 2.45) is 0 Å². The molecule has 0 saturated heterocycles. The molecular formula is C14H19NO4. The average Bonchev–Trinajstić information content (AvgIpc) is 2.44. The summed E-state index contributed by atoms with van der Waals surface area (Å²) in [5.41, 5.74) is 0.541. The van der Waals surface area contributed by atoms with Crippen molar-refractivity contribution in [1.82, 2.24) is 4.90 Å². The van der Waals surface area contributed by atoms with E-state index in [-0.39, 0.29) is 38.0 Å². The van der Waals surface area contributed by atoms with Crippen molar-refractivity contribution in [3.05, 3.63) is 35.9 Å². The molecule has 0 aromatic heterocycles. The van der Waals surface area contributed by atoms with Gasteiger partial charge in [-0.1, -0.05) is 18.2 Å². The standard InChI is InChI=1S/C14H19NO4/c1-2-19-13(17)8-9-15(10-11-16)14(18)12-6-4-3-5-7-12/h3-7,16H,2,8-11H2,1H3. The highest BCUT2D eigenvalue weighted by atomic mass is 16.5. The van der Waals surface area contributed by atoms with Crippen LogP contribution in [0, 0.1) is 0 Å². The number of aliphatic hydroxyl groups is 1. The van der Waals surface area contributed by atoms with Crippen LogP contribution in [0.15, 0.2) is 30.3 Å². The summed E-state index contributed by atoms with van der Waals surface area (Å²) in [6.07, 6.45) is 0.131. The lowest BCUT2D eigenvalue weighted by atomic mass is 10.2. The summed E-state index contributed by atoms with van der Waals surface area (Å²) >= 11 is 0. The van der Waals surface area contributed by atoms with Crippen LogP contribution < -0.4 is 0 Å². The van der Waals surface area contributed by atoms with Gasteiger partial charge in [0.1, 0.15) is 0 Å². The van der Waals surface area contributed by atoms with Gasteiger partial charge in [0.25, 0.3) is 5.91 Å². The van der Waals surface area contributed by atoms with Crippen LogP contribution in [0.3, 0.4) is 0 Å². The summed E-state index contributed by atoms with van der Waals surface area (Å²) in [4.78, 5) is 24.9. The van der Waals surface area contributed by atoms with Crippen LogP contribution in [0.25, 0.3) is 0 Å². The molecule has 5 nitrogen and oxygen atoms in total. The normalized spacial score (nSPS) is 10.0. The van der Waals surface area contributed by atoms with E-state index in [4.69, 9.17) is 9.84 Å². The molecule has 0 heterocycles. The lowest BCUT2D eigenvalue weighted by Gasteiger charge is -2.21. The van der Waals surface area contributed by atoms with Crippen LogP contribution in [0.2, 0.25) is 0 Å². The zero-order valence-corrected chi connectivity index (χ0v) is 11.0. The Morgan fingerprint density at radius 3 is 2.47 bits per heavy atom. The first-order chi connectivity index (χ1) is 9.19. The van der Waals surface area contributed by atoms with Crippen molar-refractivity contribution in [1.29, 1.82) is 0 Å². The Morgan fingerprint density at radius 1 is 1.21 bits per heavy atom. The summed E-state index contributed by atoms with van der Waals surface area (Å²) in [6, 6.07) is 8.78. The molecule has 0 bridgehead atoms. The van der Waals surface area contributed by atoms with E-state index in [1.165, 1.54) is 4.90 Å². The van der Waals surface area contributed by atoms with Gasteiger partial charge in [0, 0.05) is 18.7 Å². The predicted octanol–water partition coefficient (Wildman–Crippen LogP) is 1.07. The van der Waals surface area contributed by atoms with Gasteiger partial charge in [0.05, 0.1) is 19.6 Å². The number of ether oxygens (including phenoxy) is 1. The van der Waals surface area contributed by atoms with Crippen LogP contribution in [0.5, 0.6) is 0 Å². The molecule has 1 N–H and O–H groups in total. The molecule has 0 spiro atoms. The maximum absolute atomic E-state index is 12.2. The van der Waals surface area contributed by atoms with Crippen molar-refractivity contribution < 1.29 is 19.4 Å². The number of carbonyl (C=O) groups is 2. The first kappa shape index (κ1) is 15.2. The van der Waals surface area contributed by atoms with E-state index in [0.29, 0.717) is 12.2 Å². The Balaban J connectivity index is 2.61. The molecule has 0 atom stereocenters. The second kappa shape index (κ2) is 8.26. The maximum atomic E-state index is 12.2. The van der Waals surface area contributed by atoms with Crippen LogP contribution in [-0.2, 0) is 9.53 Å². The molecule has 0 aliphatic carbocycles. The molecule has 1 aromatic carbocycles. The molecule has 1 aromatic rings. The maximum Gasteiger partial charge on any atom is 0.307 e. The lowest BCUT2D eigenvalue weighted by molar-refractivity contribution is -0.143. The number of nitrogens with zero attached hydrogens (tertiary/aromatic N) is 1. The van der Waals surface area contributed by atoms with Crippen LogP contribution in [-0.4, -0.2) is 48.2 Å². The minimum atomic E-state index is -0.341.